The summed E-state index contributed by atoms with van der Waals surface area (Å²) in [4.78, 5) is 70.1. The molecule has 2 amide bonds. The summed E-state index contributed by atoms with van der Waals surface area (Å²) in [7, 11) is 0. The molecule has 0 saturated carbocycles. The van der Waals surface area contributed by atoms with Crippen LogP contribution in [-0.2, 0) is 19.3 Å². The maximum Gasteiger partial charge on any atom is 1.00 e. The van der Waals surface area contributed by atoms with Crippen molar-refractivity contribution in [1.29, 1.82) is 0 Å². The Morgan fingerprint density at radius 2 is 1.15 bits per heavy atom. The first-order valence-corrected chi connectivity index (χ1v) is 15.4. The number of pyridine rings is 1. The molecule has 3 aromatic carbocycles. The molecule has 4 aromatic rings. The zero-order valence-electron chi connectivity index (χ0n) is 30.3. The Morgan fingerprint density at radius 1 is 0.736 bits per heavy atom. The van der Waals surface area contributed by atoms with Crippen LogP contribution in [0.25, 0.3) is 0 Å². The zero-order valence-corrected chi connectivity index (χ0v) is 41.9. The molecule has 3 heterocycles. The van der Waals surface area contributed by atoms with Gasteiger partial charge in [-0.2, -0.15) is 0 Å². The van der Waals surface area contributed by atoms with E-state index in [9.17, 15) is 39.0 Å². The first-order chi connectivity index (χ1) is 24.5. The van der Waals surface area contributed by atoms with E-state index in [2.05, 4.69) is 9.87 Å². The summed E-state index contributed by atoms with van der Waals surface area (Å²) in [6.45, 7) is 1.36. The number of H-pyrrole nitrogens is 1. The van der Waals surface area contributed by atoms with Crippen molar-refractivity contribution in [3.05, 3.63) is 134 Å². The van der Waals surface area contributed by atoms with Crippen LogP contribution < -0.4 is 164 Å². The summed E-state index contributed by atoms with van der Waals surface area (Å²) >= 11 is 0. The van der Waals surface area contributed by atoms with Crippen LogP contribution in [0.5, 0.6) is 0 Å². The number of nitro benzene ring substituents is 2. The molecule has 19 heteroatoms. The number of anilines is 3. The molecular weight excluding hydrogens is 937 g/mol. The van der Waals surface area contributed by atoms with Crippen molar-refractivity contribution in [2.75, 3.05) is 28.6 Å². The van der Waals surface area contributed by atoms with Crippen molar-refractivity contribution >= 4 is 46.7 Å². The summed E-state index contributed by atoms with van der Waals surface area (Å²) in [5.41, 5.74) is 7.93. The zero-order chi connectivity index (χ0) is 37.6. The van der Waals surface area contributed by atoms with Crippen LogP contribution in [0.2, 0.25) is 0 Å². The molecule has 6 rings (SSSR count). The number of nitro groups is 2. The molecule has 0 unspecified atom stereocenters. The maximum absolute atomic E-state index is 12.1. The van der Waals surface area contributed by atoms with E-state index in [1.807, 2.05) is 29.2 Å². The van der Waals surface area contributed by atoms with Gasteiger partial charge in [-0.1, -0.05) is 6.07 Å². The van der Waals surface area contributed by atoms with Gasteiger partial charge in [0.25, 0.3) is 17.8 Å². The molecule has 16 nitrogen and oxygen atoms in total. The average Bonchev–Trinajstić information content (AvgIpc) is 3.14. The van der Waals surface area contributed by atoms with E-state index in [1.54, 1.807) is 35.4 Å². The Labute approximate surface area is 424 Å². The van der Waals surface area contributed by atoms with Crippen LogP contribution in [0.1, 0.15) is 41.4 Å². The van der Waals surface area contributed by atoms with Gasteiger partial charge < -0.3 is 32.1 Å². The van der Waals surface area contributed by atoms with Gasteiger partial charge in [0.1, 0.15) is 5.82 Å². The Kier molecular flexibility index (Phi) is 27.7. The SMILES string of the molecule is Nc1ccc(N2CCCCC2=O)cc1.O=C1CCCCN1c1ccc([N+](=O)[O-])cc1.O=CO[O-].O=[N+]([O-])c1ccc(F)cc1.O=c1cccc[nH]1.[Cs+].[Cs+].[H-].[HH]. The Bertz CT molecular complexity index is 1760. The Morgan fingerprint density at radius 3 is 1.47 bits per heavy atom. The fourth-order valence-electron chi connectivity index (χ4n) is 4.51. The molecule has 1 aromatic heterocycles. The quantitative estimate of drug-likeness (QED) is 0.0794. The number of nitrogens with two attached hydrogens (primary N) is 1. The fourth-order valence-corrected chi connectivity index (χ4v) is 4.51. The van der Waals surface area contributed by atoms with Gasteiger partial charge in [0, 0.05) is 80.9 Å². The largest absolute Gasteiger partial charge is 1.00 e. The number of hydrogen-bond acceptors (Lipinski definition) is 11. The summed E-state index contributed by atoms with van der Waals surface area (Å²) in [5.74, 6) is -0.147. The smallest absolute Gasteiger partial charge is 1.00 e. The van der Waals surface area contributed by atoms with Gasteiger partial charge in [0.15, 0.2) is 0 Å². The molecule has 53 heavy (non-hydrogen) atoms. The van der Waals surface area contributed by atoms with Crippen LogP contribution >= 0.6 is 0 Å². The first kappa shape index (κ1) is 50.6. The van der Waals surface area contributed by atoms with Gasteiger partial charge in [-0.3, -0.25) is 39.4 Å². The number of benzene rings is 3. The molecule has 2 fully saturated rings. The van der Waals surface area contributed by atoms with E-state index in [0.717, 1.165) is 73.6 Å². The van der Waals surface area contributed by atoms with E-state index in [-0.39, 0.29) is 176 Å². The van der Waals surface area contributed by atoms with E-state index >= 15 is 0 Å². The Hall–Kier alpha value is -2.39. The number of nitrogens with one attached hydrogen (secondary N) is 1. The number of nitrogen functional groups attached to an aromatic ring is 1. The summed E-state index contributed by atoms with van der Waals surface area (Å²) in [6, 6.07) is 22.9. The second kappa shape index (κ2) is 29.0. The molecule has 3 N–H and O–H groups in total. The Balaban J connectivity index is -0.000000639. The van der Waals surface area contributed by atoms with Gasteiger partial charge in [0.05, 0.1) is 9.85 Å². The molecule has 0 aliphatic carbocycles. The first-order valence-electron chi connectivity index (χ1n) is 15.4. The molecule has 274 valence electrons. The van der Waals surface area contributed by atoms with E-state index < -0.39 is 15.7 Å². The fraction of sp³-hybridized carbons (Fsp3) is 0.235. The number of aromatic nitrogens is 1. The van der Waals surface area contributed by atoms with Crippen molar-refractivity contribution in [1.82, 2.24) is 4.98 Å². The van der Waals surface area contributed by atoms with E-state index in [1.165, 1.54) is 18.2 Å². The number of rotatable bonds is 5. The molecule has 2 saturated heterocycles. The van der Waals surface area contributed by atoms with Gasteiger partial charge >= 0.3 is 138 Å². The predicted molar refractivity (Wildman–Crippen MR) is 187 cm³/mol. The summed E-state index contributed by atoms with van der Waals surface area (Å²) in [6.07, 6.45) is 6.87. The number of halogens is 1. The van der Waals surface area contributed by atoms with Gasteiger partial charge in [-0.15, -0.1) is 0 Å². The minimum atomic E-state index is -0.570. The summed E-state index contributed by atoms with van der Waals surface area (Å²) < 4.78 is 12.1. The van der Waals surface area contributed by atoms with Crippen LogP contribution in [0.4, 0.5) is 32.8 Å². The second-order valence-corrected chi connectivity index (χ2v) is 10.5. The van der Waals surface area contributed by atoms with E-state index in [4.69, 9.17) is 15.8 Å². The molecule has 0 atom stereocenters. The number of nitrogens with zero attached hydrogens (tertiary/aromatic N) is 4. The van der Waals surface area contributed by atoms with Crippen molar-refractivity contribution in [2.24, 2.45) is 0 Å². The van der Waals surface area contributed by atoms with Crippen LogP contribution in [-0.4, -0.2) is 46.2 Å². The maximum atomic E-state index is 12.1. The second-order valence-electron chi connectivity index (χ2n) is 10.5. The van der Waals surface area contributed by atoms with Crippen LogP contribution in [0.3, 0.4) is 0 Å². The van der Waals surface area contributed by atoms with Crippen molar-refractivity contribution in [3.63, 3.8) is 0 Å². The molecular formula is C34H39Cs2FN6O10. The standard InChI is InChI=1S/C11H12N2O3.C11H14N2O.C6H4FNO2.C5H5NO.CH2O3.2Cs.H2.H/c14-11-3-1-2-8-12(11)9-4-6-10(7-5-9)13(15)16;12-9-4-6-10(7-5-9)13-8-2-1-3-11(13)14;7-5-1-3-6(4-2-5)8(9)10;7-5-3-1-2-4-6-5;2-1-4-3;;;;/h4-7H,1-3,8H2;4-7H,1-3,8,12H2;1-4H;1-4H,(H,6,7);1,3H;;;1H;/q;;;;;2*+1;;-1/p-1. The number of carbonyl (C=O) groups is 3. The van der Waals surface area contributed by atoms with E-state index in [0.29, 0.717) is 19.4 Å². The number of carbonyl (C=O) groups excluding carboxylic acids is 3. The number of hydrogen-bond donors (Lipinski definition) is 2. The molecule has 0 spiro atoms. The van der Waals surface area contributed by atoms with Gasteiger partial charge in [-0.05, 0) is 80.3 Å². The predicted octanol–water partition coefficient (Wildman–Crippen LogP) is -1.19. The third-order valence-corrected chi connectivity index (χ3v) is 6.98. The van der Waals surface area contributed by atoms with Crippen molar-refractivity contribution < 1.29 is 179 Å². The number of non-ortho nitro benzene ring substituents is 2. The average molecular weight is 977 g/mol. The third kappa shape index (κ3) is 20.2. The van der Waals surface area contributed by atoms with Crippen molar-refractivity contribution in [3.8, 4) is 0 Å². The van der Waals surface area contributed by atoms with Crippen LogP contribution in [0.15, 0.2) is 102 Å². The molecule has 0 radical (unpaired) electrons. The summed E-state index contributed by atoms with van der Waals surface area (Å²) in [5, 5.41) is 28.9. The minimum absolute atomic E-state index is 0. The van der Waals surface area contributed by atoms with Crippen molar-refractivity contribution in [2.45, 2.75) is 38.5 Å². The van der Waals surface area contributed by atoms with Gasteiger partial charge in [-0.25, -0.2) is 4.39 Å². The minimum Gasteiger partial charge on any atom is -1.00 e. The molecule has 2 aliphatic rings. The third-order valence-electron chi connectivity index (χ3n) is 6.98. The van der Waals surface area contributed by atoms with Gasteiger partial charge in [0.2, 0.25) is 17.4 Å². The topological polar surface area (TPSA) is 235 Å². The number of aromatic amines is 1. The monoisotopic (exact) mass is 976 g/mol. The normalized spacial score (nSPS) is 12.7. The van der Waals surface area contributed by atoms with Crippen LogP contribution in [0, 0.1) is 26.0 Å². The molecule has 2 aliphatic heterocycles. The molecule has 0 bridgehead atoms. The number of piperidine rings is 2. The number of amides is 2.